The normalized spacial score (nSPS) is 16.3. The number of nitrogens with zero attached hydrogens (tertiary/aromatic N) is 2. The van der Waals surface area contributed by atoms with Gasteiger partial charge in [0.05, 0.1) is 6.61 Å². The van der Waals surface area contributed by atoms with E-state index in [0.29, 0.717) is 17.8 Å². The molecule has 0 radical (unpaired) electrons. The van der Waals surface area contributed by atoms with Crippen molar-refractivity contribution in [2.75, 3.05) is 13.2 Å². The molecule has 5 heteroatoms. The molecular formula is C22H26N2O3. The molecule has 0 saturated carbocycles. The van der Waals surface area contributed by atoms with Gasteiger partial charge in [0, 0.05) is 12.1 Å². The number of carbonyl (C=O) groups excluding carboxylic acids is 2. The molecule has 1 aromatic rings. The molecule has 5 nitrogen and oxygen atoms in total. The van der Waals surface area contributed by atoms with Gasteiger partial charge in [-0.15, -0.1) is 0 Å². The van der Waals surface area contributed by atoms with Crippen molar-refractivity contribution in [3.63, 3.8) is 0 Å². The Kier molecular flexibility index (Phi) is 6.95. The first kappa shape index (κ1) is 20.4. The van der Waals surface area contributed by atoms with E-state index in [4.69, 9.17) is 4.74 Å². The predicted molar refractivity (Wildman–Crippen MR) is 105 cm³/mol. The summed E-state index contributed by atoms with van der Waals surface area (Å²) in [6.07, 6.45) is 3.80. The van der Waals surface area contributed by atoms with Crippen LogP contribution in [0.15, 0.2) is 41.0 Å². The van der Waals surface area contributed by atoms with Crippen LogP contribution in [0, 0.1) is 17.2 Å². The van der Waals surface area contributed by atoms with Crippen molar-refractivity contribution >= 4 is 17.9 Å². The van der Waals surface area contributed by atoms with E-state index in [0.717, 1.165) is 24.2 Å². The summed E-state index contributed by atoms with van der Waals surface area (Å²) in [6.45, 7) is 8.58. The molecule has 27 heavy (non-hydrogen) atoms. The minimum absolute atomic E-state index is 0.0287. The predicted octanol–water partition coefficient (Wildman–Crippen LogP) is 4.11. The summed E-state index contributed by atoms with van der Waals surface area (Å²) in [7, 11) is 0. The molecule has 0 spiro atoms. The van der Waals surface area contributed by atoms with E-state index in [2.05, 4.69) is 6.92 Å². The first-order chi connectivity index (χ1) is 12.9. The highest BCUT2D eigenvalue weighted by molar-refractivity contribution is 6.19. The van der Waals surface area contributed by atoms with E-state index in [-0.39, 0.29) is 23.9 Å². The molecule has 0 aliphatic carbocycles. The molecule has 0 fully saturated rings. The van der Waals surface area contributed by atoms with Crippen molar-refractivity contribution in [3.8, 4) is 11.8 Å². The monoisotopic (exact) mass is 366 g/mol. The number of nitriles is 1. The van der Waals surface area contributed by atoms with Crippen molar-refractivity contribution in [1.29, 1.82) is 5.26 Å². The fourth-order valence-electron chi connectivity index (χ4n) is 2.82. The number of amides is 2. The third-order valence-electron chi connectivity index (χ3n) is 4.33. The molecule has 142 valence electrons. The standard InChI is InChI=1S/C22H26N2O3/c1-5-6-11-27-18-9-7-17(8-10-18)12-19-16(4)20(13-23)22(26)24(21(19)25)14-15(2)3/h7-10,12,15H,5-6,11,14H2,1-4H3/b19-12+. The number of imide groups is 1. The zero-order valence-corrected chi connectivity index (χ0v) is 16.4. The molecule has 1 aliphatic rings. The van der Waals surface area contributed by atoms with E-state index in [1.165, 1.54) is 4.90 Å². The average Bonchev–Trinajstić information content (AvgIpc) is 2.64. The molecule has 0 atom stereocenters. The summed E-state index contributed by atoms with van der Waals surface area (Å²) in [5.41, 5.74) is 1.65. The van der Waals surface area contributed by atoms with Crippen molar-refractivity contribution in [3.05, 3.63) is 46.5 Å². The summed E-state index contributed by atoms with van der Waals surface area (Å²) in [5, 5.41) is 9.38. The molecule has 2 amide bonds. The second-order valence-electron chi connectivity index (χ2n) is 7.06. The van der Waals surface area contributed by atoms with Gasteiger partial charge in [0.15, 0.2) is 0 Å². The van der Waals surface area contributed by atoms with Crippen molar-refractivity contribution in [2.24, 2.45) is 5.92 Å². The number of hydrogen-bond donors (Lipinski definition) is 0. The molecule has 1 heterocycles. The fraction of sp³-hybridized carbons (Fsp3) is 0.409. The van der Waals surface area contributed by atoms with Gasteiger partial charge in [0.25, 0.3) is 11.8 Å². The summed E-state index contributed by atoms with van der Waals surface area (Å²) in [4.78, 5) is 26.5. The van der Waals surface area contributed by atoms with Gasteiger partial charge >= 0.3 is 0 Å². The van der Waals surface area contributed by atoms with Gasteiger partial charge in [-0.05, 0) is 48.6 Å². The first-order valence-corrected chi connectivity index (χ1v) is 9.31. The first-order valence-electron chi connectivity index (χ1n) is 9.31. The lowest BCUT2D eigenvalue weighted by Gasteiger charge is -2.28. The third kappa shape index (κ3) is 4.85. The Morgan fingerprint density at radius 2 is 1.85 bits per heavy atom. The summed E-state index contributed by atoms with van der Waals surface area (Å²) < 4.78 is 5.65. The smallest absolute Gasteiger partial charge is 0.271 e. The van der Waals surface area contributed by atoms with E-state index in [1.54, 1.807) is 13.0 Å². The average molecular weight is 366 g/mol. The van der Waals surface area contributed by atoms with Crippen LogP contribution < -0.4 is 4.74 Å². The van der Waals surface area contributed by atoms with Crippen molar-refractivity contribution in [1.82, 2.24) is 4.90 Å². The Hall–Kier alpha value is -2.87. The maximum atomic E-state index is 12.9. The SMILES string of the molecule is CCCCOc1ccc(/C=C2/C(=O)N(CC(C)C)C(=O)C(C#N)=C2C)cc1. The summed E-state index contributed by atoms with van der Waals surface area (Å²) >= 11 is 0. The summed E-state index contributed by atoms with van der Waals surface area (Å²) in [6, 6.07) is 9.40. The molecule has 0 aromatic heterocycles. The Labute approximate surface area is 160 Å². The lowest BCUT2D eigenvalue weighted by Crippen LogP contribution is -2.44. The van der Waals surface area contributed by atoms with Gasteiger partial charge in [-0.3, -0.25) is 14.5 Å². The van der Waals surface area contributed by atoms with Crippen LogP contribution >= 0.6 is 0 Å². The van der Waals surface area contributed by atoms with Crippen LogP contribution in [0.25, 0.3) is 6.08 Å². The molecule has 2 rings (SSSR count). The van der Waals surface area contributed by atoms with Gasteiger partial charge in [0.2, 0.25) is 0 Å². The maximum absolute atomic E-state index is 12.9. The van der Waals surface area contributed by atoms with Gasteiger partial charge in [0.1, 0.15) is 17.4 Å². The highest BCUT2D eigenvalue weighted by Crippen LogP contribution is 2.28. The molecule has 0 N–H and O–H groups in total. The van der Waals surface area contributed by atoms with Gasteiger partial charge < -0.3 is 4.74 Å². The van der Waals surface area contributed by atoms with Crippen LogP contribution in [-0.4, -0.2) is 29.9 Å². The number of rotatable bonds is 7. The Morgan fingerprint density at radius 3 is 2.41 bits per heavy atom. The number of unbranched alkanes of at least 4 members (excludes halogenated alkanes) is 1. The van der Waals surface area contributed by atoms with Gasteiger partial charge in [-0.1, -0.05) is 39.3 Å². The highest BCUT2D eigenvalue weighted by atomic mass is 16.5. The number of ether oxygens (including phenoxy) is 1. The molecular weight excluding hydrogens is 340 g/mol. The van der Waals surface area contributed by atoms with E-state index >= 15 is 0 Å². The molecule has 0 unspecified atom stereocenters. The van der Waals surface area contributed by atoms with Crippen LogP contribution in [-0.2, 0) is 9.59 Å². The second kappa shape index (κ2) is 9.18. The van der Waals surface area contributed by atoms with Crippen molar-refractivity contribution < 1.29 is 14.3 Å². The summed E-state index contributed by atoms with van der Waals surface area (Å²) in [5.74, 6) is 0.0400. The fourth-order valence-corrected chi connectivity index (χ4v) is 2.82. The number of carbonyl (C=O) groups is 2. The number of hydrogen-bond acceptors (Lipinski definition) is 4. The lowest BCUT2D eigenvalue weighted by molar-refractivity contribution is -0.141. The molecule has 1 aliphatic heterocycles. The Balaban J connectivity index is 2.34. The Morgan fingerprint density at radius 1 is 1.19 bits per heavy atom. The molecule has 1 aromatic carbocycles. The zero-order valence-electron chi connectivity index (χ0n) is 16.4. The second-order valence-corrected chi connectivity index (χ2v) is 7.06. The van der Waals surface area contributed by atoms with Crippen molar-refractivity contribution in [2.45, 2.75) is 40.5 Å². The lowest BCUT2D eigenvalue weighted by atomic mass is 9.93. The molecule has 0 saturated heterocycles. The maximum Gasteiger partial charge on any atom is 0.271 e. The third-order valence-corrected chi connectivity index (χ3v) is 4.33. The van der Waals surface area contributed by atoms with Gasteiger partial charge in [-0.2, -0.15) is 5.26 Å². The van der Waals surface area contributed by atoms with Crippen LogP contribution in [0.4, 0.5) is 0 Å². The highest BCUT2D eigenvalue weighted by Gasteiger charge is 2.35. The quantitative estimate of drug-likeness (QED) is 0.413. The van der Waals surface area contributed by atoms with Crippen LogP contribution in [0.1, 0.15) is 46.1 Å². The molecule has 0 bridgehead atoms. The van der Waals surface area contributed by atoms with E-state index in [9.17, 15) is 14.9 Å². The largest absolute Gasteiger partial charge is 0.494 e. The zero-order chi connectivity index (χ0) is 20.0. The van der Waals surface area contributed by atoms with E-state index < -0.39 is 5.91 Å². The van der Waals surface area contributed by atoms with Gasteiger partial charge in [-0.25, -0.2) is 0 Å². The van der Waals surface area contributed by atoms with Crippen LogP contribution in [0.2, 0.25) is 0 Å². The van der Waals surface area contributed by atoms with Crippen LogP contribution in [0.5, 0.6) is 5.75 Å². The minimum Gasteiger partial charge on any atom is -0.494 e. The Bertz CT molecular complexity index is 811. The number of benzene rings is 1. The van der Waals surface area contributed by atoms with E-state index in [1.807, 2.05) is 44.2 Å². The van der Waals surface area contributed by atoms with Crippen LogP contribution in [0.3, 0.4) is 0 Å². The topological polar surface area (TPSA) is 70.4 Å². The minimum atomic E-state index is -0.509.